The number of nitrogens with one attached hydrogen (secondary N) is 3. The minimum Gasteiger partial charge on any atom is -0.348 e. The van der Waals surface area contributed by atoms with E-state index < -0.39 is 0 Å². The molecular weight excluding hydrogens is 264 g/mol. The van der Waals surface area contributed by atoms with Gasteiger partial charge in [-0.2, -0.15) is 5.10 Å². The van der Waals surface area contributed by atoms with E-state index in [1.807, 2.05) is 0 Å². The fourth-order valence-electron chi connectivity index (χ4n) is 2.91. The lowest BCUT2D eigenvalue weighted by molar-refractivity contribution is 0.0921. The second-order valence-corrected chi connectivity index (χ2v) is 5.26. The zero-order valence-corrected chi connectivity index (χ0v) is 11.8. The number of carbonyl (C=O) groups is 1. The number of fused-ring (bicyclic) bond motifs is 1. The highest BCUT2D eigenvalue weighted by Gasteiger charge is 2.23. The lowest BCUT2D eigenvalue weighted by Crippen LogP contribution is -2.37. The van der Waals surface area contributed by atoms with Gasteiger partial charge in [0.25, 0.3) is 5.91 Å². The molecule has 1 aliphatic heterocycles. The summed E-state index contributed by atoms with van der Waals surface area (Å²) in [7, 11) is 0. The van der Waals surface area contributed by atoms with Gasteiger partial charge in [-0.3, -0.25) is 9.89 Å². The normalized spacial score (nSPS) is 19.4. The molecule has 2 aliphatic rings. The van der Waals surface area contributed by atoms with Crippen molar-refractivity contribution < 1.29 is 4.79 Å². The van der Waals surface area contributed by atoms with Crippen LogP contribution >= 0.6 is 12.4 Å². The number of H-pyrrole nitrogens is 1. The number of carbonyl (C=O) groups excluding carboxylic acids is 1. The van der Waals surface area contributed by atoms with Gasteiger partial charge in [-0.1, -0.05) is 19.3 Å². The Kier molecular flexibility index (Phi) is 4.82. The van der Waals surface area contributed by atoms with Gasteiger partial charge in [0.1, 0.15) is 0 Å². The van der Waals surface area contributed by atoms with Gasteiger partial charge in [-0.25, -0.2) is 0 Å². The van der Waals surface area contributed by atoms with Gasteiger partial charge in [0, 0.05) is 36.8 Å². The molecule has 0 bridgehead atoms. The molecule has 1 aromatic rings. The number of halogens is 1. The monoisotopic (exact) mass is 284 g/mol. The maximum Gasteiger partial charge on any atom is 0.272 e. The molecular formula is C13H21ClN4O. The molecule has 2 heterocycles. The predicted molar refractivity (Wildman–Crippen MR) is 75.6 cm³/mol. The number of aromatic nitrogens is 2. The van der Waals surface area contributed by atoms with Crippen molar-refractivity contribution in [3.63, 3.8) is 0 Å². The molecule has 3 rings (SSSR count). The van der Waals surface area contributed by atoms with Crippen LogP contribution in [0.1, 0.15) is 53.8 Å². The SMILES string of the molecule is Cl.O=C(NC1CCCCC1)c1n[nH]c2c1CNCC2. The summed E-state index contributed by atoms with van der Waals surface area (Å²) in [6, 6.07) is 0.343. The summed E-state index contributed by atoms with van der Waals surface area (Å²) >= 11 is 0. The Bertz CT molecular complexity index is 440. The fourth-order valence-corrected chi connectivity index (χ4v) is 2.91. The van der Waals surface area contributed by atoms with Crippen LogP contribution in [0.5, 0.6) is 0 Å². The summed E-state index contributed by atoms with van der Waals surface area (Å²) in [4.78, 5) is 12.2. The van der Waals surface area contributed by atoms with Crippen molar-refractivity contribution in [2.45, 2.75) is 51.1 Å². The molecule has 1 amide bonds. The van der Waals surface area contributed by atoms with Crippen LogP contribution in [-0.4, -0.2) is 28.7 Å². The number of hydrogen-bond donors (Lipinski definition) is 3. The van der Waals surface area contributed by atoms with Crippen molar-refractivity contribution in [1.29, 1.82) is 0 Å². The van der Waals surface area contributed by atoms with E-state index in [-0.39, 0.29) is 18.3 Å². The van der Waals surface area contributed by atoms with Crippen LogP contribution in [0.2, 0.25) is 0 Å². The van der Waals surface area contributed by atoms with Crippen LogP contribution in [0, 0.1) is 0 Å². The first kappa shape index (κ1) is 14.3. The lowest BCUT2D eigenvalue weighted by Gasteiger charge is -2.22. The summed E-state index contributed by atoms with van der Waals surface area (Å²) < 4.78 is 0. The molecule has 0 radical (unpaired) electrons. The Morgan fingerprint density at radius 1 is 1.26 bits per heavy atom. The third kappa shape index (κ3) is 3.09. The van der Waals surface area contributed by atoms with Gasteiger partial charge < -0.3 is 10.6 Å². The molecule has 1 fully saturated rings. The largest absolute Gasteiger partial charge is 0.348 e. The molecule has 19 heavy (non-hydrogen) atoms. The third-order valence-corrected chi connectivity index (χ3v) is 3.96. The molecule has 3 N–H and O–H groups in total. The standard InChI is InChI=1S/C13H20N4O.ClH/c18-13(15-9-4-2-1-3-5-9)12-10-8-14-7-6-11(10)16-17-12;/h9,14H,1-8H2,(H,15,18)(H,16,17);1H. The highest BCUT2D eigenvalue weighted by Crippen LogP contribution is 2.19. The van der Waals surface area contributed by atoms with Gasteiger partial charge >= 0.3 is 0 Å². The van der Waals surface area contributed by atoms with E-state index in [2.05, 4.69) is 20.8 Å². The van der Waals surface area contributed by atoms with Crippen molar-refractivity contribution in [3.05, 3.63) is 17.0 Å². The van der Waals surface area contributed by atoms with E-state index in [9.17, 15) is 4.79 Å². The first-order valence-corrected chi connectivity index (χ1v) is 6.92. The van der Waals surface area contributed by atoms with E-state index in [1.54, 1.807) is 0 Å². The van der Waals surface area contributed by atoms with Crippen molar-refractivity contribution >= 4 is 18.3 Å². The highest BCUT2D eigenvalue weighted by atomic mass is 35.5. The predicted octanol–water partition coefficient (Wildman–Crippen LogP) is 1.54. The Morgan fingerprint density at radius 3 is 2.84 bits per heavy atom. The van der Waals surface area contributed by atoms with Gasteiger partial charge in [-0.05, 0) is 12.8 Å². The molecule has 1 aliphatic carbocycles. The smallest absolute Gasteiger partial charge is 0.272 e. The van der Waals surface area contributed by atoms with Crippen LogP contribution in [0.15, 0.2) is 0 Å². The van der Waals surface area contributed by atoms with Gasteiger partial charge in [0.15, 0.2) is 5.69 Å². The topological polar surface area (TPSA) is 69.8 Å². The first-order valence-electron chi connectivity index (χ1n) is 6.92. The average molecular weight is 285 g/mol. The van der Waals surface area contributed by atoms with E-state index >= 15 is 0 Å². The number of aromatic amines is 1. The average Bonchev–Trinajstić information content (AvgIpc) is 2.84. The molecule has 6 heteroatoms. The minimum absolute atomic E-state index is 0. The summed E-state index contributed by atoms with van der Waals surface area (Å²) in [5.41, 5.74) is 2.75. The third-order valence-electron chi connectivity index (χ3n) is 3.96. The summed E-state index contributed by atoms with van der Waals surface area (Å²) in [5, 5.41) is 13.6. The summed E-state index contributed by atoms with van der Waals surface area (Å²) in [6.45, 7) is 1.71. The minimum atomic E-state index is -0.0110. The molecule has 0 saturated heterocycles. The molecule has 1 aromatic heterocycles. The van der Waals surface area contributed by atoms with E-state index in [1.165, 1.54) is 19.3 Å². The fraction of sp³-hybridized carbons (Fsp3) is 0.692. The van der Waals surface area contributed by atoms with E-state index in [0.717, 1.165) is 43.6 Å². The van der Waals surface area contributed by atoms with Crippen molar-refractivity contribution in [2.24, 2.45) is 0 Å². The molecule has 5 nitrogen and oxygen atoms in total. The van der Waals surface area contributed by atoms with Crippen LogP contribution in [0.3, 0.4) is 0 Å². The molecule has 106 valence electrons. The quantitative estimate of drug-likeness (QED) is 0.771. The Morgan fingerprint density at radius 2 is 2.05 bits per heavy atom. The summed E-state index contributed by atoms with van der Waals surface area (Å²) in [6.07, 6.45) is 6.90. The molecule has 0 aromatic carbocycles. The van der Waals surface area contributed by atoms with Crippen LogP contribution < -0.4 is 10.6 Å². The molecule has 0 spiro atoms. The molecule has 0 unspecified atom stereocenters. The number of hydrogen-bond acceptors (Lipinski definition) is 3. The van der Waals surface area contributed by atoms with Crippen LogP contribution in [0.25, 0.3) is 0 Å². The zero-order chi connectivity index (χ0) is 12.4. The number of amides is 1. The zero-order valence-electron chi connectivity index (χ0n) is 11.0. The van der Waals surface area contributed by atoms with Gasteiger partial charge in [-0.15, -0.1) is 12.4 Å². The van der Waals surface area contributed by atoms with Crippen molar-refractivity contribution in [3.8, 4) is 0 Å². The summed E-state index contributed by atoms with van der Waals surface area (Å²) in [5.74, 6) is -0.0110. The maximum absolute atomic E-state index is 12.2. The van der Waals surface area contributed by atoms with Crippen molar-refractivity contribution in [2.75, 3.05) is 6.54 Å². The Labute approximate surface area is 119 Å². The maximum atomic E-state index is 12.2. The van der Waals surface area contributed by atoms with Crippen LogP contribution in [-0.2, 0) is 13.0 Å². The van der Waals surface area contributed by atoms with E-state index in [4.69, 9.17) is 0 Å². The molecule has 1 saturated carbocycles. The van der Waals surface area contributed by atoms with Crippen LogP contribution in [0.4, 0.5) is 0 Å². The number of rotatable bonds is 2. The lowest BCUT2D eigenvalue weighted by atomic mass is 9.95. The first-order chi connectivity index (χ1) is 8.84. The molecule has 0 atom stereocenters. The van der Waals surface area contributed by atoms with Gasteiger partial charge in [0.05, 0.1) is 0 Å². The Balaban J connectivity index is 0.00000133. The van der Waals surface area contributed by atoms with Crippen molar-refractivity contribution in [1.82, 2.24) is 20.8 Å². The second-order valence-electron chi connectivity index (χ2n) is 5.26. The van der Waals surface area contributed by atoms with E-state index in [0.29, 0.717) is 11.7 Å². The second kappa shape index (κ2) is 6.39. The Hall–Kier alpha value is -1.07. The van der Waals surface area contributed by atoms with Gasteiger partial charge in [0.2, 0.25) is 0 Å². The highest BCUT2D eigenvalue weighted by molar-refractivity contribution is 5.94. The number of nitrogens with zero attached hydrogens (tertiary/aromatic N) is 1.